The molecule has 168 valence electrons. The molecule has 4 aromatic rings. The van der Waals surface area contributed by atoms with E-state index in [1.54, 1.807) is 11.8 Å². The minimum Gasteiger partial charge on any atom is -0.372 e. The SMILES string of the molecule is O=C(Nc1ccc(N2CCCCCC2)cc1)c1ccccc1SCc1cn2ccccc2n1. The highest BCUT2D eigenvalue weighted by molar-refractivity contribution is 7.98. The molecule has 1 N–H and O–H groups in total. The van der Waals surface area contributed by atoms with E-state index in [2.05, 4.69) is 27.3 Å². The summed E-state index contributed by atoms with van der Waals surface area (Å²) in [5, 5.41) is 3.07. The van der Waals surface area contributed by atoms with E-state index in [1.807, 2.05) is 71.4 Å². The van der Waals surface area contributed by atoms with E-state index >= 15 is 0 Å². The van der Waals surface area contributed by atoms with E-state index in [0.717, 1.165) is 35.0 Å². The maximum absolute atomic E-state index is 13.1. The van der Waals surface area contributed by atoms with E-state index in [9.17, 15) is 4.79 Å². The highest BCUT2D eigenvalue weighted by Crippen LogP contribution is 2.27. The van der Waals surface area contributed by atoms with Crippen LogP contribution < -0.4 is 10.2 Å². The topological polar surface area (TPSA) is 49.6 Å². The third kappa shape index (κ3) is 5.22. The van der Waals surface area contributed by atoms with Gasteiger partial charge >= 0.3 is 0 Å². The lowest BCUT2D eigenvalue weighted by Gasteiger charge is -2.22. The summed E-state index contributed by atoms with van der Waals surface area (Å²) >= 11 is 1.63. The van der Waals surface area contributed by atoms with Gasteiger partial charge in [0.25, 0.3) is 5.91 Å². The molecule has 2 aromatic heterocycles. The number of nitrogens with zero attached hydrogens (tertiary/aromatic N) is 3. The third-order valence-corrected chi connectivity index (χ3v) is 7.12. The largest absolute Gasteiger partial charge is 0.372 e. The number of nitrogens with one attached hydrogen (secondary N) is 1. The van der Waals surface area contributed by atoms with E-state index < -0.39 is 0 Å². The van der Waals surface area contributed by atoms with Gasteiger partial charge < -0.3 is 14.6 Å². The van der Waals surface area contributed by atoms with Gasteiger partial charge in [-0.3, -0.25) is 4.79 Å². The minimum absolute atomic E-state index is 0.0874. The fourth-order valence-corrected chi connectivity index (χ4v) is 5.20. The predicted octanol–water partition coefficient (Wildman–Crippen LogP) is 6.26. The van der Waals surface area contributed by atoms with Gasteiger partial charge in [-0.2, -0.15) is 0 Å². The van der Waals surface area contributed by atoms with Crippen molar-refractivity contribution in [2.45, 2.75) is 36.3 Å². The monoisotopic (exact) mass is 456 g/mol. The summed E-state index contributed by atoms with van der Waals surface area (Å²) in [6.45, 7) is 2.23. The third-order valence-electron chi connectivity index (χ3n) is 6.02. The highest BCUT2D eigenvalue weighted by Gasteiger charge is 2.14. The molecule has 0 spiro atoms. The van der Waals surface area contributed by atoms with Gasteiger partial charge in [0.1, 0.15) is 5.65 Å². The number of carbonyl (C=O) groups is 1. The van der Waals surface area contributed by atoms with Crippen LogP contribution in [-0.2, 0) is 5.75 Å². The Hall–Kier alpha value is -3.25. The Balaban J connectivity index is 1.25. The molecular formula is C27H28N4OS. The van der Waals surface area contributed by atoms with Crippen LogP contribution in [0.1, 0.15) is 41.7 Å². The molecular weight excluding hydrogens is 428 g/mol. The van der Waals surface area contributed by atoms with Crippen LogP contribution >= 0.6 is 11.8 Å². The molecule has 1 amide bonds. The van der Waals surface area contributed by atoms with E-state index in [4.69, 9.17) is 0 Å². The number of benzene rings is 2. The van der Waals surface area contributed by atoms with Gasteiger partial charge in [0.2, 0.25) is 0 Å². The molecule has 1 fully saturated rings. The summed E-state index contributed by atoms with van der Waals surface area (Å²) in [7, 11) is 0. The standard InChI is InChI=1S/C27H28N4OS/c32-27(29-21-12-14-23(15-13-21)30-16-6-1-2-7-17-30)24-9-3-4-10-25(24)33-20-22-19-31-18-8-5-11-26(31)28-22/h3-5,8-15,18-19H,1-2,6-7,16-17,20H2,(H,29,32). The van der Waals surface area contributed by atoms with Crippen molar-refractivity contribution in [1.29, 1.82) is 0 Å². The average Bonchev–Trinajstić information content (AvgIpc) is 3.07. The number of thioether (sulfide) groups is 1. The summed E-state index contributed by atoms with van der Waals surface area (Å²) in [4.78, 5) is 21.1. The first-order chi connectivity index (χ1) is 16.3. The van der Waals surface area contributed by atoms with Crippen LogP contribution in [0.2, 0.25) is 0 Å². The maximum Gasteiger partial charge on any atom is 0.256 e. The second-order valence-corrected chi connectivity index (χ2v) is 9.40. The fraction of sp³-hybridized carbons (Fsp3) is 0.259. The molecule has 33 heavy (non-hydrogen) atoms. The van der Waals surface area contributed by atoms with Gasteiger partial charge in [-0.05, 0) is 61.4 Å². The Morgan fingerprint density at radius 2 is 1.67 bits per heavy atom. The summed E-state index contributed by atoms with van der Waals surface area (Å²) < 4.78 is 2.02. The molecule has 1 aliphatic heterocycles. The van der Waals surface area contributed by atoms with Crippen LogP contribution in [0.3, 0.4) is 0 Å². The van der Waals surface area contributed by atoms with Gasteiger partial charge in [-0.15, -0.1) is 11.8 Å². The number of aromatic nitrogens is 2. The van der Waals surface area contributed by atoms with E-state index in [-0.39, 0.29) is 5.91 Å². The zero-order valence-electron chi connectivity index (χ0n) is 18.6. The van der Waals surface area contributed by atoms with Crippen LogP contribution in [0.5, 0.6) is 0 Å². The number of carbonyl (C=O) groups excluding carboxylic acids is 1. The van der Waals surface area contributed by atoms with Crippen molar-refractivity contribution < 1.29 is 4.79 Å². The highest BCUT2D eigenvalue weighted by atomic mass is 32.2. The van der Waals surface area contributed by atoms with Crippen LogP contribution in [0.4, 0.5) is 11.4 Å². The molecule has 6 heteroatoms. The van der Waals surface area contributed by atoms with Crippen LogP contribution in [0.15, 0.2) is 84.0 Å². The number of hydrogen-bond donors (Lipinski definition) is 1. The lowest BCUT2D eigenvalue weighted by Crippen LogP contribution is -2.23. The molecule has 3 heterocycles. The zero-order chi connectivity index (χ0) is 22.5. The summed E-state index contributed by atoms with van der Waals surface area (Å²) in [5.74, 6) is 0.617. The molecule has 1 saturated heterocycles. The van der Waals surface area contributed by atoms with Crippen molar-refractivity contribution >= 4 is 34.7 Å². The summed E-state index contributed by atoms with van der Waals surface area (Å²) in [5.41, 5.74) is 4.66. The summed E-state index contributed by atoms with van der Waals surface area (Å²) in [6.07, 6.45) is 9.18. The Kier molecular flexibility index (Phi) is 6.63. The average molecular weight is 457 g/mol. The molecule has 0 aliphatic carbocycles. The van der Waals surface area contributed by atoms with Crippen molar-refractivity contribution in [2.24, 2.45) is 0 Å². The molecule has 0 radical (unpaired) electrons. The maximum atomic E-state index is 13.1. The van der Waals surface area contributed by atoms with Crippen LogP contribution in [0.25, 0.3) is 5.65 Å². The normalized spacial score (nSPS) is 14.2. The zero-order valence-corrected chi connectivity index (χ0v) is 19.4. The van der Waals surface area contributed by atoms with Crippen LogP contribution in [0, 0.1) is 0 Å². The van der Waals surface area contributed by atoms with E-state index in [1.165, 1.54) is 31.4 Å². The predicted molar refractivity (Wildman–Crippen MR) is 136 cm³/mol. The number of anilines is 2. The Morgan fingerprint density at radius 3 is 2.45 bits per heavy atom. The number of pyridine rings is 1. The molecule has 0 unspecified atom stereocenters. The fourth-order valence-electron chi connectivity index (χ4n) is 4.27. The summed E-state index contributed by atoms with van der Waals surface area (Å²) in [6, 6.07) is 22.0. The Morgan fingerprint density at radius 1 is 0.909 bits per heavy atom. The van der Waals surface area contributed by atoms with Crippen molar-refractivity contribution in [3.05, 3.63) is 90.4 Å². The van der Waals surface area contributed by atoms with Gasteiger partial charge in [-0.1, -0.05) is 31.0 Å². The number of amides is 1. The first-order valence-electron chi connectivity index (χ1n) is 11.6. The van der Waals surface area contributed by atoms with Crippen molar-refractivity contribution in [2.75, 3.05) is 23.3 Å². The van der Waals surface area contributed by atoms with Gasteiger partial charge in [0.05, 0.1) is 11.3 Å². The van der Waals surface area contributed by atoms with E-state index in [0.29, 0.717) is 11.3 Å². The van der Waals surface area contributed by atoms with Crippen LogP contribution in [-0.4, -0.2) is 28.4 Å². The molecule has 0 saturated carbocycles. The number of imidazole rings is 1. The number of rotatable bonds is 6. The quantitative estimate of drug-likeness (QED) is 0.348. The molecule has 0 atom stereocenters. The molecule has 1 aliphatic rings. The van der Waals surface area contributed by atoms with Gasteiger partial charge in [-0.25, -0.2) is 4.98 Å². The second-order valence-electron chi connectivity index (χ2n) is 8.39. The van der Waals surface area contributed by atoms with Crippen molar-refractivity contribution in [3.8, 4) is 0 Å². The van der Waals surface area contributed by atoms with Gasteiger partial charge in [0.15, 0.2) is 0 Å². The van der Waals surface area contributed by atoms with Gasteiger partial charge in [0, 0.05) is 47.5 Å². The number of fused-ring (bicyclic) bond motifs is 1. The first-order valence-corrected chi connectivity index (χ1v) is 12.6. The lowest BCUT2D eigenvalue weighted by atomic mass is 10.2. The number of hydrogen-bond acceptors (Lipinski definition) is 4. The Labute approximate surface area is 198 Å². The minimum atomic E-state index is -0.0874. The first kappa shape index (κ1) is 21.6. The second kappa shape index (κ2) is 10.1. The lowest BCUT2D eigenvalue weighted by molar-refractivity contribution is 0.102. The molecule has 0 bridgehead atoms. The van der Waals surface area contributed by atoms with Crippen molar-refractivity contribution in [3.63, 3.8) is 0 Å². The Bertz CT molecular complexity index is 1190. The molecule has 5 rings (SSSR count). The van der Waals surface area contributed by atoms with Crippen molar-refractivity contribution in [1.82, 2.24) is 9.38 Å². The molecule has 5 nitrogen and oxygen atoms in total. The molecule has 2 aromatic carbocycles. The smallest absolute Gasteiger partial charge is 0.256 e.